The molecule has 0 N–H and O–H groups in total. The number of nitriles is 1. The summed E-state index contributed by atoms with van der Waals surface area (Å²) in [6.45, 7) is 2.85. The molecule has 0 aliphatic carbocycles. The van der Waals surface area contributed by atoms with E-state index in [0.717, 1.165) is 0 Å². The molecule has 1 heterocycles. The average molecular weight is 106 g/mol. The van der Waals surface area contributed by atoms with E-state index in [2.05, 4.69) is 12.6 Å². The van der Waals surface area contributed by atoms with Crippen LogP contribution in [0.2, 0.25) is 0 Å². The van der Waals surface area contributed by atoms with Crippen molar-refractivity contribution < 1.29 is 0 Å². The molecule has 0 amide bonds. The largest absolute Gasteiger partial charge is 0.274 e. The lowest BCUT2D eigenvalue weighted by Crippen LogP contribution is -2.20. The minimum atomic E-state index is -0.0880. The van der Waals surface area contributed by atoms with Gasteiger partial charge in [0.05, 0.1) is 12.6 Å². The van der Waals surface area contributed by atoms with E-state index in [4.69, 9.17) is 5.26 Å². The average Bonchev–Trinajstić information content (AvgIpc) is 2.14. The summed E-state index contributed by atoms with van der Waals surface area (Å²) in [5, 5.41) is 8.35. The van der Waals surface area contributed by atoms with Crippen LogP contribution in [0.25, 0.3) is 0 Å². The van der Waals surface area contributed by atoms with Gasteiger partial charge in [-0.05, 0) is 7.05 Å². The number of likely N-dealkylation sites (N-methyl/N-ethyl adjacent to an activating group) is 1. The lowest BCUT2D eigenvalue weighted by molar-refractivity contribution is 0.433. The van der Waals surface area contributed by atoms with Crippen LogP contribution in [0, 0.1) is 17.9 Å². The van der Waals surface area contributed by atoms with Gasteiger partial charge in [0.15, 0.2) is 0 Å². The van der Waals surface area contributed by atoms with E-state index >= 15 is 0 Å². The summed E-state index contributed by atoms with van der Waals surface area (Å²) in [7, 11) is 1.83. The highest BCUT2D eigenvalue weighted by atomic mass is 15.1. The predicted molar refractivity (Wildman–Crippen MR) is 29.5 cm³/mol. The highest BCUT2D eigenvalue weighted by Gasteiger charge is 2.13. The van der Waals surface area contributed by atoms with Crippen LogP contribution >= 0.6 is 0 Å². The molecule has 0 bridgehead atoms. The van der Waals surface area contributed by atoms with E-state index in [0.29, 0.717) is 0 Å². The van der Waals surface area contributed by atoms with E-state index < -0.39 is 0 Å². The van der Waals surface area contributed by atoms with Crippen molar-refractivity contribution >= 4 is 0 Å². The van der Waals surface area contributed by atoms with Crippen LogP contribution in [0.4, 0.5) is 0 Å². The highest BCUT2D eigenvalue weighted by molar-refractivity contribution is 5.17. The van der Waals surface area contributed by atoms with Gasteiger partial charge < -0.3 is 0 Å². The molecule has 2 nitrogen and oxygen atoms in total. The smallest absolute Gasteiger partial charge is 0.117 e. The zero-order valence-corrected chi connectivity index (χ0v) is 4.63. The molecule has 0 saturated heterocycles. The third-order valence-electron chi connectivity index (χ3n) is 1.11. The molecular weight excluding hydrogens is 100 g/mol. The van der Waals surface area contributed by atoms with E-state index in [9.17, 15) is 0 Å². The maximum absolute atomic E-state index is 8.35. The number of nitrogens with zero attached hydrogens (tertiary/aromatic N) is 2. The van der Waals surface area contributed by atoms with E-state index in [1.807, 2.05) is 7.05 Å². The minimum absolute atomic E-state index is 0.0880. The Bertz CT molecular complexity index is 143. The van der Waals surface area contributed by atoms with Gasteiger partial charge in [-0.3, -0.25) is 4.90 Å². The molecule has 1 aliphatic heterocycles. The molecular formula is C6H6N2. The normalized spacial score (nSPS) is 28.2. The first-order chi connectivity index (χ1) is 3.84. The monoisotopic (exact) mass is 106 g/mol. The Morgan fingerprint density at radius 3 is 2.88 bits per heavy atom. The molecule has 0 aromatic carbocycles. The number of hydrogen-bond donors (Lipinski definition) is 0. The molecule has 0 aromatic heterocycles. The molecule has 0 saturated carbocycles. The fourth-order valence-corrected chi connectivity index (χ4v) is 0.591. The number of hydrogen-bond acceptors (Lipinski definition) is 2. The zero-order valence-electron chi connectivity index (χ0n) is 4.63. The predicted octanol–water partition coefficient (Wildman–Crippen LogP) is 0.419. The van der Waals surface area contributed by atoms with Crippen LogP contribution in [0.1, 0.15) is 0 Å². The summed E-state index contributed by atoms with van der Waals surface area (Å²) >= 11 is 0. The third-order valence-corrected chi connectivity index (χ3v) is 1.11. The van der Waals surface area contributed by atoms with Crippen LogP contribution in [0.15, 0.2) is 12.2 Å². The summed E-state index contributed by atoms with van der Waals surface area (Å²) in [4.78, 5) is 1.74. The zero-order chi connectivity index (χ0) is 5.98. The Morgan fingerprint density at radius 1 is 1.88 bits per heavy atom. The second kappa shape index (κ2) is 1.97. The molecule has 2 heteroatoms. The van der Waals surface area contributed by atoms with Crippen molar-refractivity contribution in [3.8, 4) is 6.07 Å². The Kier molecular flexibility index (Phi) is 1.32. The summed E-state index contributed by atoms with van der Waals surface area (Å²) in [5.41, 5.74) is 0. The molecule has 1 unspecified atom stereocenters. The lowest BCUT2D eigenvalue weighted by Gasteiger charge is -2.08. The summed E-state index contributed by atoms with van der Waals surface area (Å²) in [5.74, 6) is 0. The van der Waals surface area contributed by atoms with Gasteiger partial charge >= 0.3 is 0 Å². The first-order valence-electron chi connectivity index (χ1n) is 2.40. The van der Waals surface area contributed by atoms with Gasteiger partial charge in [-0.1, -0.05) is 12.2 Å². The molecule has 40 valence electrons. The summed E-state index contributed by atoms with van der Waals surface area (Å²) in [6.07, 6.45) is 3.56. The van der Waals surface area contributed by atoms with Crippen molar-refractivity contribution in [2.75, 3.05) is 7.05 Å². The van der Waals surface area contributed by atoms with Gasteiger partial charge in [0, 0.05) is 0 Å². The van der Waals surface area contributed by atoms with Gasteiger partial charge in [0.2, 0.25) is 0 Å². The third kappa shape index (κ3) is 0.728. The SMILES string of the molecule is CN1[C]C=CC1C#N. The second-order valence-corrected chi connectivity index (χ2v) is 1.67. The maximum atomic E-state index is 8.35. The molecule has 0 aromatic rings. The molecule has 8 heavy (non-hydrogen) atoms. The Balaban J connectivity index is 2.57. The second-order valence-electron chi connectivity index (χ2n) is 1.67. The van der Waals surface area contributed by atoms with Crippen LogP contribution in [-0.4, -0.2) is 18.0 Å². The van der Waals surface area contributed by atoms with Gasteiger partial charge in [0.1, 0.15) is 6.04 Å². The molecule has 0 fully saturated rings. The van der Waals surface area contributed by atoms with Gasteiger partial charge in [-0.25, -0.2) is 0 Å². The lowest BCUT2D eigenvalue weighted by atomic mass is 10.3. The van der Waals surface area contributed by atoms with Crippen LogP contribution in [0.3, 0.4) is 0 Å². The molecule has 1 rings (SSSR count). The van der Waals surface area contributed by atoms with Gasteiger partial charge in [-0.15, -0.1) is 0 Å². The van der Waals surface area contributed by atoms with E-state index in [-0.39, 0.29) is 6.04 Å². The topological polar surface area (TPSA) is 27.0 Å². The molecule has 1 aliphatic rings. The fourth-order valence-electron chi connectivity index (χ4n) is 0.591. The minimum Gasteiger partial charge on any atom is -0.274 e. The fraction of sp³-hybridized carbons (Fsp3) is 0.333. The molecule has 1 atom stereocenters. The van der Waals surface area contributed by atoms with Crippen molar-refractivity contribution in [2.45, 2.75) is 6.04 Å². The van der Waals surface area contributed by atoms with Crippen LogP contribution in [-0.2, 0) is 0 Å². The van der Waals surface area contributed by atoms with Crippen molar-refractivity contribution in [1.82, 2.24) is 4.90 Å². The van der Waals surface area contributed by atoms with Crippen LogP contribution < -0.4 is 0 Å². The molecule has 0 spiro atoms. The first kappa shape index (κ1) is 5.33. The van der Waals surface area contributed by atoms with Crippen molar-refractivity contribution in [3.63, 3.8) is 0 Å². The quantitative estimate of drug-likeness (QED) is 0.447. The summed E-state index contributed by atoms with van der Waals surface area (Å²) < 4.78 is 0. The maximum Gasteiger partial charge on any atom is 0.117 e. The standard InChI is InChI=1S/C6H6N2/c1-8-4-2-3-6(8)5-7/h2-3,6H,1H3. The highest BCUT2D eigenvalue weighted by Crippen LogP contribution is 2.07. The summed E-state index contributed by atoms with van der Waals surface area (Å²) in [6, 6.07) is 2.00. The van der Waals surface area contributed by atoms with Crippen molar-refractivity contribution in [2.24, 2.45) is 0 Å². The van der Waals surface area contributed by atoms with Crippen molar-refractivity contribution in [1.29, 1.82) is 5.26 Å². The molecule has 2 radical (unpaired) electrons. The van der Waals surface area contributed by atoms with Crippen molar-refractivity contribution in [3.05, 3.63) is 18.7 Å². The number of rotatable bonds is 0. The first-order valence-corrected chi connectivity index (χ1v) is 2.40. The van der Waals surface area contributed by atoms with Crippen LogP contribution in [0.5, 0.6) is 0 Å². The Labute approximate surface area is 49.0 Å². The van der Waals surface area contributed by atoms with E-state index in [1.54, 1.807) is 17.1 Å². The van der Waals surface area contributed by atoms with Gasteiger partial charge in [0.25, 0.3) is 0 Å². The Hall–Kier alpha value is -0.810. The Morgan fingerprint density at radius 2 is 2.62 bits per heavy atom. The van der Waals surface area contributed by atoms with E-state index in [1.165, 1.54) is 0 Å². The van der Waals surface area contributed by atoms with Gasteiger partial charge in [-0.2, -0.15) is 5.26 Å².